The Morgan fingerprint density at radius 3 is 2.11 bits per heavy atom. The topological polar surface area (TPSA) is 71.1 Å². The molecule has 0 radical (unpaired) electrons. The van der Waals surface area contributed by atoms with Crippen molar-refractivity contribution in [3.05, 3.63) is 17.7 Å². The maximum atomic E-state index is 11.5. The Labute approximate surface area is 111 Å². The number of rotatable bonds is 5. The fourth-order valence-electron chi connectivity index (χ4n) is 1.46. The molecule has 1 aromatic rings. The van der Waals surface area contributed by atoms with Crippen molar-refractivity contribution in [1.82, 2.24) is 0 Å². The van der Waals surface area contributed by atoms with Gasteiger partial charge in [-0.1, -0.05) is 0 Å². The van der Waals surface area contributed by atoms with Crippen LogP contribution < -0.4 is 14.2 Å². The van der Waals surface area contributed by atoms with Crippen molar-refractivity contribution in [3.63, 3.8) is 0 Å². The first kappa shape index (κ1) is 14.8. The largest absolute Gasteiger partial charge is 0.513 e. The predicted octanol–water partition coefficient (Wildman–Crippen LogP) is 2.44. The van der Waals surface area contributed by atoms with Crippen LogP contribution in [0.15, 0.2) is 12.1 Å². The van der Waals surface area contributed by atoms with Gasteiger partial charge in [0, 0.05) is 6.07 Å². The molecule has 1 rings (SSSR count). The van der Waals surface area contributed by atoms with E-state index < -0.39 is 6.16 Å². The summed E-state index contributed by atoms with van der Waals surface area (Å²) in [5, 5.41) is 0. The first-order valence-corrected chi connectivity index (χ1v) is 5.65. The molecule has 0 saturated carbocycles. The molecular weight excluding hydrogens is 252 g/mol. The van der Waals surface area contributed by atoms with Gasteiger partial charge in [0.15, 0.2) is 17.3 Å². The average molecular weight is 268 g/mol. The van der Waals surface area contributed by atoms with Crippen LogP contribution in [0.5, 0.6) is 17.2 Å². The van der Waals surface area contributed by atoms with Crippen LogP contribution in [-0.4, -0.2) is 32.8 Å². The Bertz CT molecular complexity index is 480. The van der Waals surface area contributed by atoms with Crippen molar-refractivity contribution in [2.75, 3.05) is 20.8 Å². The molecule has 0 atom stereocenters. The Morgan fingerprint density at radius 2 is 1.63 bits per heavy atom. The summed E-state index contributed by atoms with van der Waals surface area (Å²) in [4.78, 5) is 22.9. The highest BCUT2D eigenvalue weighted by molar-refractivity contribution is 5.98. The van der Waals surface area contributed by atoms with Crippen LogP contribution in [0.25, 0.3) is 0 Å². The van der Waals surface area contributed by atoms with Crippen LogP contribution in [-0.2, 0) is 4.74 Å². The van der Waals surface area contributed by atoms with E-state index in [0.717, 1.165) is 0 Å². The summed E-state index contributed by atoms with van der Waals surface area (Å²) >= 11 is 0. The zero-order chi connectivity index (χ0) is 14.4. The summed E-state index contributed by atoms with van der Waals surface area (Å²) in [6, 6.07) is 2.86. The zero-order valence-corrected chi connectivity index (χ0v) is 11.3. The second-order valence-corrected chi connectivity index (χ2v) is 3.54. The molecule has 1 aromatic carbocycles. The van der Waals surface area contributed by atoms with Crippen LogP contribution >= 0.6 is 0 Å². The minimum Gasteiger partial charge on any atom is -0.493 e. The highest BCUT2D eigenvalue weighted by Crippen LogP contribution is 2.35. The van der Waals surface area contributed by atoms with Gasteiger partial charge in [-0.3, -0.25) is 4.79 Å². The first-order chi connectivity index (χ1) is 9.03. The van der Waals surface area contributed by atoms with E-state index in [2.05, 4.69) is 4.74 Å². The van der Waals surface area contributed by atoms with E-state index in [-0.39, 0.29) is 23.7 Å². The SMILES string of the molecule is CCOC(=O)Oc1cc(OC)c(OC)cc1C(C)=O. The fourth-order valence-corrected chi connectivity index (χ4v) is 1.46. The molecule has 0 unspecified atom stereocenters. The lowest BCUT2D eigenvalue weighted by atomic mass is 10.1. The minimum atomic E-state index is -0.878. The molecule has 0 aliphatic heterocycles. The summed E-state index contributed by atoms with van der Waals surface area (Å²) in [7, 11) is 2.90. The maximum Gasteiger partial charge on any atom is 0.513 e. The molecule has 0 aliphatic rings. The molecule has 0 aromatic heterocycles. The molecule has 0 spiro atoms. The fraction of sp³-hybridized carbons (Fsp3) is 0.385. The third-order valence-corrected chi connectivity index (χ3v) is 2.32. The highest BCUT2D eigenvalue weighted by atomic mass is 16.7. The van der Waals surface area contributed by atoms with Crippen molar-refractivity contribution in [1.29, 1.82) is 0 Å². The standard InChI is InChI=1S/C13H16O6/c1-5-18-13(15)19-10-7-12(17-4)11(16-3)6-9(10)8(2)14/h6-7H,5H2,1-4H3. The first-order valence-electron chi connectivity index (χ1n) is 5.65. The summed E-state index contributed by atoms with van der Waals surface area (Å²) < 4.78 is 19.8. The molecule has 0 heterocycles. The lowest BCUT2D eigenvalue weighted by Gasteiger charge is -2.13. The number of hydrogen-bond donors (Lipinski definition) is 0. The van der Waals surface area contributed by atoms with Crippen molar-refractivity contribution in [2.24, 2.45) is 0 Å². The maximum absolute atomic E-state index is 11.5. The molecule has 6 nitrogen and oxygen atoms in total. The smallest absolute Gasteiger partial charge is 0.493 e. The molecule has 0 fully saturated rings. The lowest BCUT2D eigenvalue weighted by molar-refractivity contribution is 0.0987. The van der Waals surface area contributed by atoms with Crippen molar-refractivity contribution >= 4 is 11.9 Å². The Morgan fingerprint density at radius 1 is 1.05 bits per heavy atom. The normalized spacial score (nSPS) is 9.68. The van der Waals surface area contributed by atoms with E-state index >= 15 is 0 Å². The summed E-state index contributed by atoms with van der Waals surface area (Å²) in [5.41, 5.74) is 0.214. The summed E-state index contributed by atoms with van der Waals surface area (Å²) in [6.07, 6.45) is -0.878. The number of Topliss-reactive ketones (excluding diaryl/α,β-unsaturated/α-hetero) is 1. The molecule has 0 aliphatic carbocycles. The van der Waals surface area contributed by atoms with E-state index in [9.17, 15) is 9.59 Å². The minimum absolute atomic E-state index is 0.0728. The van der Waals surface area contributed by atoms with Gasteiger partial charge in [-0.25, -0.2) is 4.79 Å². The number of ketones is 1. The predicted molar refractivity (Wildman–Crippen MR) is 67.2 cm³/mol. The average Bonchev–Trinajstić information content (AvgIpc) is 2.38. The number of hydrogen-bond acceptors (Lipinski definition) is 6. The third-order valence-electron chi connectivity index (χ3n) is 2.32. The van der Waals surface area contributed by atoms with Crippen LogP contribution in [0.4, 0.5) is 4.79 Å². The van der Waals surface area contributed by atoms with Gasteiger partial charge in [0.1, 0.15) is 5.75 Å². The molecule has 0 bridgehead atoms. The molecule has 104 valence electrons. The quantitative estimate of drug-likeness (QED) is 0.464. The number of ether oxygens (including phenoxy) is 4. The van der Waals surface area contributed by atoms with E-state index in [0.29, 0.717) is 11.5 Å². The van der Waals surface area contributed by atoms with Crippen LogP contribution in [0.3, 0.4) is 0 Å². The molecule has 0 saturated heterocycles. The second-order valence-electron chi connectivity index (χ2n) is 3.54. The molecule has 6 heteroatoms. The third kappa shape index (κ3) is 3.61. The van der Waals surface area contributed by atoms with Gasteiger partial charge in [-0.15, -0.1) is 0 Å². The number of carbonyl (C=O) groups is 2. The van der Waals surface area contributed by atoms with Gasteiger partial charge < -0.3 is 18.9 Å². The van der Waals surface area contributed by atoms with Crippen LogP contribution in [0.1, 0.15) is 24.2 Å². The van der Waals surface area contributed by atoms with Crippen LogP contribution in [0.2, 0.25) is 0 Å². The van der Waals surface area contributed by atoms with Gasteiger partial charge in [0.2, 0.25) is 0 Å². The van der Waals surface area contributed by atoms with Gasteiger partial charge in [0.25, 0.3) is 0 Å². The lowest BCUT2D eigenvalue weighted by Crippen LogP contribution is -2.12. The van der Waals surface area contributed by atoms with Crippen molar-refractivity contribution in [3.8, 4) is 17.2 Å². The molecule has 0 N–H and O–H groups in total. The Kier molecular flexibility index (Phi) is 5.17. The summed E-state index contributed by atoms with van der Waals surface area (Å²) in [5.74, 6) is 0.541. The molecule has 19 heavy (non-hydrogen) atoms. The van der Waals surface area contributed by atoms with E-state index in [4.69, 9.17) is 14.2 Å². The van der Waals surface area contributed by atoms with Gasteiger partial charge in [-0.05, 0) is 19.9 Å². The number of carbonyl (C=O) groups excluding carboxylic acids is 2. The molecule has 0 amide bonds. The van der Waals surface area contributed by atoms with Gasteiger partial charge in [0.05, 0.1) is 26.4 Å². The zero-order valence-electron chi connectivity index (χ0n) is 11.3. The van der Waals surface area contributed by atoms with Crippen LogP contribution in [0, 0.1) is 0 Å². The van der Waals surface area contributed by atoms with E-state index in [1.807, 2.05) is 0 Å². The Hall–Kier alpha value is -2.24. The number of methoxy groups -OCH3 is 2. The van der Waals surface area contributed by atoms with E-state index in [1.165, 1.54) is 33.3 Å². The summed E-state index contributed by atoms with van der Waals surface area (Å²) in [6.45, 7) is 3.20. The monoisotopic (exact) mass is 268 g/mol. The van der Waals surface area contributed by atoms with Crippen molar-refractivity contribution < 1.29 is 28.5 Å². The van der Waals surface area contributed by atoms with Gasteiger partial charge >= 0.3 is 6.16 Å². The number of benzene rings is 1. The molecular formula is C13H16O6. The highest BCUT2D eigenvalue weighted by Gasteiger charge is 2.18. The van der Waals surface area contributed by atoms with Gasteiger partial charge in [-0.2, -0.15) is 0 Å². The van der Waals surface area contributed by atoms with Crippen molar-refractivity contribution in [2.45, 2.75) is 13.8 Å². The van der Waals surface area contributed by atoms with E-state index in [1.54, 1.807) is 6.92 Å². The Balaban J connectivity index is 3.19. The second kappa shape index (κ2) is 6.63.